The Bertz CT molecular complexity index is 766. The Balaban J connectivity index is 2.01. The number of hydrogen-bond donors (Lipinski definition) is 0. The molecule has 0 fully saturated rings. The van der Waals surface area contributed by atoms with E-state index in [1.54, 1.807) is 0 Å². The maximum Gasteiger partial charge on any atom is 0.496 e. The van der Waals surface area contributed by atoms with Gasteiger partial charge in [-0.2, -0.15) is 0 Å². The minimum absolute atomic E-state index is 0.238. The van der Waals surface area contributed by atoms with Crippen LogP contribution in [0.3, 0.4) is 0 Å². The number of hydrogen-bond acceptors (Lipinski definition) is 3. The zero-order chi connectivity index (χ0) is 19.5. The molecular formula is C23H28BN3. The molecule has 0 radical (unpaired) electrons. The van der Waals surface area contributed by atoms with Gasteiger partial charge in [0.05, 0.1) is 17.0 Å². The molecular weight excluding hydrogens is 329 g/mol. The Morgan fingerprint density at radius 3 is 1.44 bits per heavy atom. The normalized spacial score (nSPS) is 18.1. The third-order valence-electron chi connectivity index (χ3n) is 6.34. The number of nitrogens with zero attached hydrogens (tertiary/aromatic N) is 3. The Hall–Kier alpha value is -2.67. The van der Waals surface area contributed by atoms with Crippen LogP contribution < -0.4 is 0 Å². The quantitative estimate of drug-likeness (QED) is 0.659. The first-order valence-electron chi connectivity index (χ1n) is 9.77. The molecule has 1 heterocycles. The van der Waals surface area contributed by atoms with Crippen molar-refractivity contribution in [2.24, 2.45) is 0 Å². The molecule has 0 bridgehead atoms. The second kappa shape index (κ2) is 7.52. The summed E-state index contributed by atoms with van der Waals surface area (Å²) in [6.07, 6.45) is 6.03. The lowest BCUT2D eigenvalue weighted by Crippen LogP contribution is -2.56. The molecule has 2 atom stereocenters. The molecule has 0 amide bonds. The summed E-state index contributed by atoms with van der Waals surface area (Å²) in [6, 6.07) is 21.0. The van der Waals surface area contributed by atoms with E-state index in [0.717, 1.165) is 12.8 Å². The second-order valence-electron chi connectivity index (χ2n) is 7.60. The Morgan fingerprint density at radius 1 is 0.778 bits per heavy atom. The summed E-state index contributed by atoms with van der Waals surface area (Å²) in [7, 11) is 0. The maximum atomic E-state index is 10.1. The lowest BCUT2D eigenvalue weighted by molar-refractivity contribution is 0.225. The third kappa shape index (κ3) is 3.12. The van der Waals surface area contributed by atoms with E-state index in [9.17, 15) is 5.26 Å². The van der Waals surface area contributed by atoms with Crippen molar-refractivity contribution in [1.82, 2.24) is 9.62 Å². The molecule has 3 rings (SSSR count). The van der Waals surface area contributed by atoms with Gasteiger partial charge in [-0.25, -0.2) is 5.26 Å². The van der Waals surface area contributed by atoms with E-state index >= 15 is 0 Å². The summed E-state index contributed by atoms with van der Waals surface area (Å²) >= 11 is 0. The fourth-order valence-corrected chi connectivity index (χ4v) is 4.10. The maximum absolute atomic E-state index is 10.1. The van der Waals surface area contributed by atoms with Crippen molar-refractivity contribution in [3.05, 3.63) is 84.2 Å². The van der Waals surface area contributed by atoms with Crippen molar-refractivity contribution in [2.45, 2.75) is 51.6 Å². The standard InChI is InChI=1S/C23H28BN3/c1-5-22(3,20-13-9-7-10-14-20)26-17-18-27(24(26)19-25)23(4,6-2)21-15-11-8-12-16-21/h7-18H,5-6H2,1-4H3. The highest BCUT2D eigenvalue weighted by atomic mass is 15.3. The van der Waals surface area contributed by atoms with Crippen LogP contribution in [0.25, 0.3) is 0 Å². The van der Waals surface area contributed by atoms with Crippen molar-refractivity contribution in [1.29, 1.82) is 5.26 Å². The summed E-state index contributed by atoms with van der Waals surface area (Å²) in [6.45, 7) is 8.49. The molecule has 3 nitrogen and oxygen atoms in total. The SMILES string of the molecule is CCC(C)(c1ccccc1)N1C=CN(C(C)(CC)c2ccccc2)B1C#N. The minimum atomic E-state index is -0.347. The molecule has 138 valence electrons. The highest BCUT2D eigenvalue weighted by Gasteiger charge is 2.48. The summed E-state index contributed by atoms with van der Waals surface area (Å²) in [5, 5.41) is 10.1. The topological polar surface area (TPSA) is 30.3 Å². The smallest absolute Gasteiger partial charge is 0.379 e. The average Bonchev–Trinajstić information content (AvgIpc) is 3.19. The van der Waals surface area contributed by atoms with Gasteiger partial charge in [0.25, 0.3) is 0 Å². The number of nitriles is 1. The summed E-state index contributed by atoms with van der Waals surface area (Å²) < 4.78 is 0. The molecule has 0 spiro atoms. The van der Waals surface area contributed by atoms with E-state index in [2.05, 4.69) is 104 Å². The van der Waals surface area contributed by atoms with Crippen LogP contribution in [0, 0.1) is 11.2 Å². The van der Waals surface area contributed by atoms with Gasteiger partial charge in [0.15, 0.2) is 0 Å². The van der Waals surface area contributed by atoms with Gasteiger partial charge in [0, 0.05) is 12.4 Å². The van der Waals surface area contributed by atoms with Crippen molar-refractivity contribution in [3.8, 4) is 5.97 Å². The van der Waals surface area contributed by atoms with E-state index < -0.39 is 0 Å². The summed E-state index contributed by atoms with van der Waals surface area (Å²) in [4.78, 5) is 4.44. The van der Waals surface area contributed by atoms with Crippen molar-refractivity contribution < 1.29 is 0 Å². The van der Waals surface area contributed by atoms with Crippen molar-refractivity contribution in [3.63, 3.8) is 0 Å². The number of rotatable bonds is 6. The molecule has 0 saturated heterocycles. The van der Waals surface area contributed by atoms with Crippen LogP contribution in [0.5, 0.6) is 0 Å². The lowest BCUT2D eigenvalue weighted by atomic mass is 9.66. The van der Waals surface area contributed by atoms with E-state index in [1.165, 1.54) is 11.1 Å². The van der Waals surface area contributed by atoms with Gasteiger partial charge in [-0.15, -0.1) is 0 Å². The molecule has 4 heteroatoms. The van der Waals surface area contributed by atoms with Gasteiger partial charge >= 0.3 is 6.98 Å². The second-order valence-corrected chi connectivity index (χ2v) is 7.60. The van der Waals surface area contributed by atoms with Crippen LogP contribution in [-0.4, -0.2) is 16.6 Å². The van der Waals surface area contributed by atoms with Crippen molar-refractivity contribution in [2.75, 3.05) is 0 Å². The molecule has 0 aromatic heterocycles. The van der Waals surface area contributed by atoms with E-state index in [-0.39, 0.29) is 18.1 Å². The first-order valence-corrected chi connectivity index (χ1v) is 9.77. The molecule has 0 aliphatic carbocycles. The van der Waals surface area contributed by atoms with E-state index in [1.807, 2.05) is 12.1 Å². The van der Waals surface area contributed by atoms with Gasteiger partial charge in [-0.05, 0) is 37.8 Å². The zero-order valence-corrected chi connectivity index (χ0v) is 16.8. The van der Waals surface area contributed by atoms with Crippen LogP contribution in [0.15, 0.2) is 73.1 Å². The predicted molar refractivity (Wildman–Crippen MR) is 112 cm³/mol. The van der Waals surface area contributed by atoms with Gasteiger partial charge in [0.1, 0.15) is 0 Å². The van der Waals surface area contributed by atoms with Crippen LogP contribution in [0.2, 0.25) is 0 Å². The number of benzene rings is 2. The van der Waals surface area contributed by atoms with Gasteiger partial charge in [-0.3, -0.25) is 0 Å². The fourth-order valence-electron chi connectivity index (χ4n) is 4.10. The average molecular weight is 357 g/mol. The monoisotopic (exact) mass is 357 g/mol. The minimum Gasteiger partial charge on any atom is -0.379 e. The van der Waals surface area contributed by atoms with Crippen LogP contribution in [0.1, 0.15) is 51.7 Å². The molecule has 0 N–H and O–H groups in total. The zero-order valence-electron chi connectivity index (χ0n) is 16.8. The molecule has 1 aliphatic heterocycles. The molecule has 2 unspecified atom stereocenters. The lowest BCUT2D eigenvalue weighted by Gasteiger charge is -2.45. The van der Waals surface area contributed by atoms with Crippen LogP contribution in [-0.2, 0) is 11.1 Å². The molecule has 2 aromatic carbocycles. The largest absolute Gasteiger partial charge is 0.496 e. The van der Waals surface area contributed by atoms with Crippen LogP contribution in [0.4, 0.5) is 0 Å². The highest BCUT2D eigenvalue weighted by molar-refractivity contribution is 6.62. The van der Waals surface area contributed by atoms with Gasteiger partial charge in [-0.1, -0.05) is 74.5 Å². The highest BCUT2D eigenvalue weighted by Crippen LogP contribution is 2.41. The fraction of sp³-hybridized carbons (Fsp3) is 0.348. The third-order valence-corrected chi connectivity index (χ3v) is 6.34. The molecule has 1 aliphatic rings. The summed E-state index contributed by atoms with van der Waals surface area (Å²) in [5.41, 5.74) is 1.99. The molecule has 2 aromatic rings. The van der Waals surface area contributed by atoms with E-state index in [0.29, 0.717) is 0 Å². The van der Waals surface area contributed by atoms with Gasteiger partial charge < -0.3 is 9.62 Å². The van der Waals surface area contributed by atoms with E-state index in [4.69, 9.17) is 0 Å². The summed E-state index contributed by atoms with van der Waals surface area (Å²) in [5.74, 6) is 2.57. The Morgan fingerprint density at radius 2 is 1.15 bits per heavy atom. The van der Waals surface area contributed by atoms with Crippen molar-refractivity contribution >= 4 is 6.98 Å². The molecule has 0 saturated carbocycles. The predicted octanol–water partition coefficient (Wildman–Crippen LogP) is 5.28. The molecule has 27 heavy (non-hydrogen) atoms. The Kier molecular flexibility index (Phi) is 5.32. The first-order chi connectivity index (χ1) is 13.0. The van der Waals surface area contributed by atoms with Crippen LogP contribution >= 0.6 is 0 Å². The first kappa shape index (κ1) is 19.1. The van der Waals surface area contributed by atoms with Gasteiger partial charge in [0.2, 0.25) is 0 Å². The Labute approximate surface area is 164 Å².